The van der Waals surface area contributed by atoms with Gasteiger partial charge < -0.3 is 33.5 Å². The summed E-state index contributed by atoms with van der Waals surface area (Å²) in [5.41, 5.74) is -1.98. The molecular formula is C24H42N4O7. The molecule has 4 aliphatic rings. The number of carbonyl (C=O) groups is 2. The summed E-state index contributed by atoms with van der Waals surface area (Å²) in [6.45, 7) is 16.7. The predicted molar refractivity (Wildman–Crippen MR) is 127 cm³/mol. The highest BCUT2D eigenvalue weighted by Crippen LogP contribution is 2.42. The van der Waals surface area contributed by atoms with Crippen molar-refractivity contribution in [2.75, 3.05) is 65.9 Å². The number of amides is 2. The van der Waals surface area contributed by atoms with Gasteiger partial charge in [-0.3, -0.25) is 20.2 Å². The number of ether oxygens (including phenoxy) is 5. The van der Waals surface area contributed by atoms with Crippen molar-refractivity contribution in [1.29, 1.82) is 0 Å². The van der Waals surface area contributed by atoms with Gasteiger partial charge in [0.1, 0.15) is 12.3 Å². The number of rotatable bonds is 14. The third-order valence-corrected chi connectivity index (χ3v) is 7.61. The Bertz CT molecular complexity index is 745. The molecule has 4 rings (SSSR count). The summed E-state index contributed by atoms with van der Waals surface area (Å²) in [4.78, 5) is 28.8. The number of fused-ring (bicyclic) bond motifs is 2. The average molecular weight is 499 g/mol. The molecule has 4 aliphatic heterocycles. The molecule has 0 saturated carbocycles. The van der Waals surface area contributed by atoms with E-state index in [9.17, 15) is 9.59 Å². The van der Waals surface area contributed by atoms with Gasteiger partial charge in [-0.2, -0.15) is 0 Å². The molecule has 4 heterocycles. The lowest BCUT2D eigenvalue weighted by atomic mass is 9.87. The maximum Gasteiger partial charge on any atom is 0.259 e. The van der Waals surface area contributed by atoms with Crippen LogP contribution in [0.4, 0.5) is 0 Å². The first-order valence-electron chi connectivity index (χ1n) is 12.6. The maximum absolute atomic E-state index is 12.5. The van der Waals surface area contributed by atoms with Crippen LogP contribution < -0.4 is 10.6 Å². The molecular weight excluding hydrogens is 456 g/mol. The standard InChI is InChI=1S/C24H42N4O7/c1-21(2)15-25-17-23(5,19(29)27(17)21)34-13-11-32-9-7-31-8-10-33-12-14-35-24(6)18-26-16-22(3,4)28(18)20(24)30/h17-18,25-26H,7-16H2,1-6H3. The second kappa shape index (κ2) is 9.85. The molecule has 0 aromatic heterocycles. The van der Waals surface area contributed by atoms with Crippen molar-refractivity contribution in [3.05, 3.63) is 0 Å². The number of β-lactam (4-membered cyclic amide) rings is 2. The second-order valence-electron chi connectivity index (χ2n) is 11.3. The molecule has 35 heavy (non-hydrogen) atoms. The van der Waals surface area contributed by atoms with Crippen molar-refractivity contribution in [2.45, 2.75) is 76.2 Å². The summed E-state index contributed by atoms with van der Waals surface area (Å²) in [5, 5.41) is 6.73. The summed E-state index contributed by atoms with van der Waals surface area (Å²) in [6.07, 6.45) is -0.144. The number of hydrogen-bond acceptors (Lipinski definition) is 9. The first-order chi connectivity index (χ1) is 16.5. The van der Waals surface area contributed by atoms with Gasteiger partial charge in [0.05, 0.1) is 63.9 Å². The van der Waals surface area contributed by atoms with E-state index in [2.05, 4.69) is 38.3 Å². The highest BCUT2D eigenvalue weighted by Gasteiger charge is 2.66. The highest BCUT2D eigenvalue weighted by molar-refractivity contribution is 5.94. The summed E-state index contributed by atoms with van der Waals surface area (Å²) in [6, 6.07) is 0. The minimum atomic E-state index is -0.818. The molecule has 200 valence electrons. The zero-order valence-corrected chi connectivity index (χ0v) is 22.0. The van der Waals surface area contributed by atoms with E-state index in [0.717, 1.165) is 13.1 Å². The molecule has 0 spiro atoms. The molecule has 0 aromatic carbocycles. The summed E-state index contributed by atoms with van der Waals surface area (Å²) >= 11 is 0. The molecule has 0 aliphatic carbocycles. The normalized spacial score (nSPS) is 34.6. The van der Waals surface area contributed by atoms with Crippen LogP contribution >= 0.6 is 0 Å². The Kier molecular flexibility index (Phi) is 7.52. The van der Waals surface area contributed by atoms with Crippen LogP contribution in [-0.2, 0) is 33.3 Å². The molecule has 4 saturated heterocycles. The van der Waals surface area contributed by atoms with E-state index in [0.29, 0.717) is 52.9 Å². The fourth-order valence-corrected chi connectivity index (χ4v) is 5.44. The van der Waals surface area contributed by atoms with Crippen LogP contribution in [0, 0.1) is 0 Å². The van der Waals surface area contributed by atoms with Crippen molar-refractivity contribution in [1.82, 2.24) is 20.4 Å². The van der Waals surface area contributed by atoms with Crippen molar-refractivity contribution in [3.63, 3.8) is 0 Å². The van der Waals surface area contributed by atoms with Crippen molar-refractivity contribution < 1.29 is 33.3 Å². The highest BCUT2D eigenvalue weighted by atomic mass is 16.6. The number of hydrogen-bond donors (Lipinski definition) is 2. The predicted octanol–water partition coefficient (Wildman–Crippen LogP) is -0.313. The minimum Gasteiger partial charge on any atom is -0.377 e. The Balaban J connectivity index is 0.964. The van der Waals surface area contributed by atoms with Crippen molar-refractivity contribution >= 4 is 11.8 Å². The quantitative estimate of drug-likeness (QED) is 0.246. The van der Waals surface area contributed by atoms with Crippen LogP contribution in [0.5, 0.6) is 0 Å². The molecule has 0 radical (unpaired) electrons. The van der Waals surface area contributed by atoms with Crippen molar-refractivity contribution in [2.24, 2.45) is 0 Å². The largest absolute Gasteiger partial charge is 0.377 e. The van der Waals surface area contributed by atoms with E-state index in [1.54, 1.807) is 0 Å². The lowest BCUT2D eigenvalue weighted by Gasteiger charge is -2.53. The van der Waals surface area contributed by atoms with E-state index < -0.39 is 11.2 Å². The van der Waals surface area contributed by atoms with Crippen LogP contribution in [0.15, 0.2) is 0 Å². The molecule has 0 aromatic rings. The molecule has 2 amide bonds. The van der Waals surface area contributed by atoms with Crippen LogP contribution in [0.3, 0.4) is 0 Å². The van der Waals surface area contributed by atoms with Crippen molar-refractivity contribution in [3.8, 4) is 0 Å². The monoisotopic (exact) mass is 498 g/mol. The van der Waals surface area contributed by atoms with Gasteiger partial charge >= 0.3 is 0 Å². The molecule has 4 fully saturated rings. The molecule has 4 unspecified atom stereocenters. The minimum absolute atomic E-state index is 0.0285. The maximum atomic E-state index is 12.5. The van der Waals surface area contributed by atoms with E-state index in [1.165, 1.54) is 0 Å². The fraction of sp³-hybridized carbons (Fsp3) is 0.917. The van der Waals surface area contributed by atoms with Crippen LogP contribution in [0.25, 0.3) is 0 Å². The lowest BCUT2D eigenvalue weighted by Crippen LogP contribution is -2.76. The fourth-order valence-electron chi connectivity index (χ4n) is 5.44. The number of carbonyl (C=O) groups excluding carboxylic acids is 2. The Morgan fingerprint density at radius 2 is 0.943 bits per heavy atom. The number of nitrogens with one attached hydrogen (secondary N) is 2. The third kappa shape index (κ3) is 4.72. The Labute approximate surface area is 208 Å². The summed E-state index contributed by atoms with van der Waals surface area (Å²) in [5.74, 6) is 0.0569. The van der Waals surface area contributed by atoms with Gasteiger partial charge in [0.15, 0.2) is 11.2 Å². The number of nitrogens with zero attached hydrogens (tertiary/aromatic N) is 2. The van der Waals surface area contributed by atoms with Crippen LogP contribution in [0.1, 0.15) is 41.5 Å². The Hall–Kier alpha value is -1.34. The van der Waals surface area contributed by atoms with E-state index in [4.69, 9.17) is 23.7 Å². The van der Waals surface area contributed by atoms with Gasteiger partial charge in [0.25, 0.3) is 11.8 Å². The first-order valence-corrected chi connectivity index (χ1v) is 12.6. The SMILES string of the molecule is CC1(OCCOCCOCCOCCOC2(C)C(=O)N3C2NCC3(C)C)C(=O)N2C1NCC2(C)C. The summed E-state index contributed by atoms with van der Waals surface area (Å²) < 4.78 is 28.3. The Morgan fingerprint density at radius 3 is 1.29 bits per heavy atom. The van der Waals surface area contributed by atoms with Gasteiger partial charge in [-0.25, -0.2) is 0 Å². The van der Waals surface area contributed by atoms with Crippen LogP contribution in [0.2, 0.25) is 0 Å². The smallest absolute Gasteiger partial charge is 0.259 e. The topological polar surface area (TPSA) is 111 Å². The molecule has 11 heteroatoms. The Morgan fingerprint density at radius 1 is 0.629 bits per heavy atom. The van der Waals surface area contributed by atoms with Gasteiger partial charge in [0.2, 0.25) is 0 Å². The lowest BCUT2D eigenvalue weighted by molar-refractivity contribution is -0.207. The summed E-state index contributed by atoms with van der Waals surface area (Å²) in [7, 11) is 0. The van der Waals surface area contributed by atoms with Gasteiger partial charge in [-0.05, 0) is 41.5 Å². The van der Waals surface area contributed by atoms with E-state index in [-0.39, 0.29) is 35.2 Å². The van der Waals surface area contributed by atoms with Gasteiger partial charge in [-0.15, -0.1) is 0 Å². The van der Waals surface area contributed by atoms with Gasteiger partial charge in [0, 0.05) is 13.1 Å². The first kappa shape index (κ1) is 26.7. The zero-order valence-electron chi connectivity index (χ0n) is 22.0. The molecule has 11 nitrogen and oxygen atoms in total. The molecule has 2 N–H and O–H groups in total. The van der Waals surface area contributed by atoms with Crippen LogP contribution in [-0.4, -0.2) is 122 Å². The van der Waals surface area contributed by atoms with Gasteiger partial charge in [-0.1, -0.05) is 0 Å². The van der Waals surface area contributed by atoms with E-state index in [1.807, 2.05) is 23.6 Å². The molecule has 4 atom stereocenters. The third-order valence-electron chi connectivity index (χ3n) is 7.61. The second-order valence-corrected chi connectivity index (χ2v) is 11.3. The van der Waals surface area contributed by atoms with E-state index >= 15 is 0 Å². The average Bonchev–Trinajstić information content (AvgIpc) is 3.28. The zero-order chi connectivity index (χ0) is 25.5. The molecule has 0 bridgehead atoms.